The van der Waals surface area contributed by atoms with E-state index in [9.17, 15) is 0 Å². The number of hydrogen-bond acceptors (Lipinski definition) is 6. The van der Waals surface area contributed by atoms with Gasteiger partial charge in [-0.3, -0.25) is 0 Å². The Hall–Kier alpha value is -2.38. The summed E-state index contributed by atoms with van der Waals surface area (Å²) in [6.45, 7) is 6.49. The van der Waals surface area contributed by atoms with E-state index in [1.54, 1.807) is 0 Å². The van der Waals surface area contributed by atoms with Gasteiger partial charge in [-0.15, -0.1) is 0 Å². The predicted octanol–water partition coefficient (Wildman–Crippen LogP) is 3.52. The Kier molecular flexibility index (Phi) is 5.06. The normalized spacial score (nSPS) is 11.3. The zero-order chi connectivity index (χ0) is 18.0. The van der Waals surface area contributed by atoms with E-state index >= 15 is 0 Å². The van der Waals surface area contributed by atoms with E-state index in [2.05, 4.69) is 44.0 Å². The number of nitrogens with zero attached hydrogens (tertiary/aromatic N) is 4. The van der Waals surface area contributed by atoms with Crippen LogP contribution in [-0.2, 0) is 0 Å². The molecule has 2 heterocycles. The number of benzene rings is 1. The number of aromatic nitrogens is 4. The van der Waals surface area contributed by atoms with Gasteiger partial charge in [0.2, 0.25) is 5.95 Å². The fourth-order valence-corrected chi connectivity index (χ4v) is 2.93. The Morgan fingerprint density at radius 3 is 2.72 bits per heavy atom. The van der Waals surface area contributed by atoms with Crippen LogP contribution in [0.3, 0.4) is 0 Å². The van der Waals surface area contributed by atoms with Crippen LogP contribution in [0.15, 0.2) is 24.3 Å². The summed E-state index contributed by atoms with van der Waals surface area (Å²) in [5.74, 6) is 1.90. The Bertz CT molecular complexity index is 892. The van der Waals surface area contributed by atoms with Crippen molar-refractivity contribution < 1.29 is 5.11 Å². The lowest BCUT2D eigenvalue weighted by atomic mass is 10.3. The number of aliphatic hydroxyl groups is 1. The minimum absolute atomic E-state index is 0.000915. The second-order valence-corrected chi connectivity index (χ2v) is 6.41. The van der Waals surface area contributed by atoms with Crippen LogP contribution in [0.25, 0.3) is 11.2 Å². The molecule has 0 saturated heterocycles. The smallest absolute Gasteiger partial charge is 0.226 e. The van der Waals surface area contributed by atoms with Crippen molar-refractivity contribution in [3.63, 3.8) is 0 Å². The summed E-state index contributed by atoms with van der Waals surface area (Å²) in [4.78, 5) is 13.7. The fraction of sp³-hybridized carbons (Fsp3) is 0.353. The molecule has 0 atom stereocenters. The van der Waals surface area contributed by atoms with Gasteiger partial charge < -0.3 is 20.3 Å². The van der Waals surface area contributed by atoms with Gasteiger partial charge in [0, 0.05) is 23.3 Å². The van der Waals surface area contributed by atoms with Crippen molar-refractivity contribution in [3.8, 4) is 0 Å². The average Bonchev–Trinajstić information content (AvgIpc) is 2.89. The topological polar surface area (TPSA) is 87.9 Å². The molecule has 8 heteroatoms. The van der Waals surface area contributed by atoms with E-state index in [-0.39, 0.29) is 12.6 Å². The average molecular weight is 361 g/mol. The lowest BCUT2D eigenvalue weighted by Gasteiger charge is -2.12. The summed E-state index contributed by atoms with van der Waals surface area (Å²) in [5.41, 5.74) is 2.26. The van der Waals surface area contributed by atoms with Crippen molar-refractivity contribution in [3.05, 3.63) is 35.1 Å². The van der Waals surface area contributed by atoms with Gasteiger partial charge in [-0.1, -0.05) is 17.7 Å². The molecule has 0 saturated carbocycles. The highest BCUT2D eigenvalue weighted by atomic mass is 35.5. The quantitative estimate of drug-likeness (QED) is 0.623. The van der Waals surface area contributed by atoms with Crippen molar-refractivity contribution in [2.45, 2.75) is 26.8 Å². The summed E-state index contributed by atoms with van der Waals surface area (Å²) in [7, 11) is 0. The number of imidazole rings is 1. The van der Waals surface area contributed by atoms with Crippen LogP contribution in [-0.4, -0.2) is 37.8 Å². The van der Waals surface area contributed by atoms with Gasteiger partial charge in [0.05, 0.1) is 6.61 Å². The molecule has 2 aromatic heterocycles. The lowest BCUT2D eigenvalue weighted by Crippen LogP contribution is -2.11. The first-order valence-corrected chi connectivity index (χ1v) is 8.51. The highest BCUT2D eigenvalue weighted by Crippen LogP contribution is 2.28. The molecule has 0 amide bonds. The molecule has 0 aliphatic carbocycles. The Morgan fingerprint density at radius 2 is 2.04 bits per heavy atom. The largest absolute Gasteiger partial charge is 0.395 e. The lowest BCUT2D eigenvalue weighted by molar-refractivity contribution is 0.311. The first-order chi connectivity index (χ1) is 12.0. The second-order valence-electron chi connectivity index (χ2n) is 5.98. The molecule has 0 bridgehead atoms. The Morgan fingerprint density at radius 1 is 1.24 bits per heavy atom. The molecule has 132 valence electrons. The molecule has 0 radical (unpaired) electrons. The Labute approximate surface area is 151 Å². The molecule has 0 aliphatic rings. The van der Waals surface area contributed by atoms with Crippen molar-refractivity contribution in [2.24, 2.45) is 0 Å². The van der Waals surface area contributed by atoms with E-state index in [1.807, 2.05) is 31.2 Å². The first-order valence-electron chi connectivity index (χ1n) is 8.13. The molecule has 7 nitrogen and oxygen atoms in total. The van der Waals surface area contributed by atoms with E-state index in [0.717, 1.165) is 17.2 Å². The zero-order valence-electron chi connectivity index (χ0n) is 14.4. The van der Waals surface area contributed by atoms with Gasteiger partial charge >= 0.3 is 0 Å². The van der Waals surface area contributed by atoms with Gasteiger partial charge in [-0.25, -0.2) is 4.98 Å². The van der Waals surface area contributed by atoms with Crippen LogP contribution in [0.5, 0.6) is 0 Å². The maximum atomic E-state index is 9.06. The SMILES string of the molecule is Cc1nc2c(Nc3cccc(Cl)c3)nc(NCCO)nc2n1C(C)C. The first kappa shape index (κ1) is 17.4. The minimum Gasteiger partial charge on any atom is -0.395 e. The van der Waals surface area contributed by atoms with Gasteiger partial charge in [0.15, 0.2) is 17.0 Å². The van der Waals surface area contributed by atoms with E-state index in [1.165, 1.54) is 0 Å². The molecular weight excluding hydrogens is 340 g/mol. The number of anilines is 3. The second kappa shape index (κ2) is 7.25. The van der Waals surface area contributed by atoms with E-state index < -0.39 is 0 Å². The van der Waals surface area contributed by atoms with Crippen molar-refractivity contribution in [1.82, 2.24) is 19.5 Å². The van der Waals surface area contributed by atoms with Crippen LogP contribution in [0.2, 0.25) is 5.02 Å². The van der Waals surface area contributed by atoms with Gasteiger partial charge in [0.1, 0.15) is 5.82 Å². The number of aryl methyl sites for hydroxylation is 1. The highest BCUT2D eigenvalue weighted by Gasteiger charge is 2.18. The minimum atomic E-state index is 0.000915. The fourth-order valence-electron chi connectivity index (χ4n) is 2.74. The highest BCUT2D eigenvalue weighted by molar-refractivity contribution is 6.30. The van der Waals surface area contributed by atoms with Crippen LogP contribution < -0.4 is 10.6 Å². The molecule has 3 rings (SSSR count). The number of nitrogens with one attached hydrogen (secondary N) is 2. The summed E-state index contributed by atoms with van der Waals surface area (Å²) >= 11 is 6.07. The number of aliphatic hydroxyl groups excluding tert-OH is 1. The standard InChI is InChI=1S/C17H21ClN6O/c1-10(2)24-11(3)20-14-15(21-13-6-4-5-12(18)9-13)22-17(19-7-8-25)23-16(14)24/h4-6,9-10,25H,7-8H2,1-3H3,(H2,19,21,22,23). The molecule has 0 fully saturated rings. The molecule has 0 spiro atoms. The molecule has 0 aliphatic heterocycles. The summed E-state index contributed by atoms with van der Waals surface area (Å²) in [6, 6.07) is 7.62. The van der Waals surface area contributed by atoms with Crippen molar-refractivity contribution in [2.75, 3.05) is 23.8 Å². The molecule has 3 aromatic rings. The molecular formula is C17H21ClN6O. The Balaban J connectivity index is 2.12. The number of hydrogen-bond donors (Lipinski definition) is 3. The summed E-state index contributed by atoms with van der Waals surface area (Å²) in [6.07, 6.45) is 0. The van der Waals surface area contributed by atoms with Gasteiger partial charge in [-0.2, -0.15) is 9.97 Å². The van der Waals surface area contributed by atoms with Crippen molar-refractivity contribution >= 4 is 40.2 Å². The summed E-state index contributed by atoms with van der Waals surface area (Å²) < 4.78 is 2.06. The molecule has 0 unspecified atom stereocenters. The predicted molar refractivity (Wildman–Crippen MR) is 101 cm³/mol. The molecule has 1 aromatic carbocycles. The maximum absolute atomic E-state index is 9.06. The van der Waals surface area contributed by atoms with E-state index in [4.69, 9.17) is 16.7 Å². The number of fused-ring (bicyclic) bond motifs is 1. The third-order valence-electron chi connectivity index (χ3n) is 3.71. The third kappa shape index (κ3) is 3.67. The van der Waals surface area contributed by atoms with Crippen LogP contribution in [0, 0.1) is 6.92 Å². The molecule has 3 N–H and O–H groups in total. The summed E-state index contributed by atoms with van der Waals surface area (Å²) in [5, 5.41) is 16.0. The maximum Gasteiger partial charge on any atom is 0.226 e. The number of rotatable bonds is 6. The monoisotopic (exact) mass is 360 g/mol. The number of halogens is 1. The van der Waals surface area contributed by atoms with Crippen molar-refractivity contribution in [1.29, 1.82) is 0 Å². The van der Waals surface area contributed by atoms with Gasteiger partial charge in [0.25, 0.3) is 0 Å². The van der Waals surface area contributed by atoms with Gasteiger partial charge in [-0.05, 0) is 39.0 Å². The molecule has 25 heavy (non-hydrogen) atoms. The van der Waals surface area contributed by atoms with Crippen LogP contribution in [0.4, 0.5) is 17.5 Å². The van der Waals surface area contributed by atoms with Crippen LogP contribution in [0.1, 0.15) is 25.7 Å². The zero-order valence-corrected chi connectivity index (χ0v) is 15.2. The van der Waals surface area contributed by atoms with E-state index in [0.29, 0.717) is 28.9 Å². The van der Waals surface area contributed by atoms with Crippen LogP contribution >= 0.6 is 11.6 Å². The third-order valence-corrected chi connectivity index (χ3v) is 3.95.